The highest BCUT2D eigenvalue weighted by atomic mass is 16.2. The molecule has 8 heteroatoms. The van der Waals surface area contributed by atoms with Gasteiger partial charge in [-0.05, 0) is 38.6 Å². The summed E-state index contributed by atoms with van der Waals surface area (Å²) in [7, 11) is 4.89. The van der Waals surface area contributed by atoms with Gasteiger partial charge in [-0.2, -0.15) is 0 Å². The van der Waals surface area contributed by atoms with Crippen LogP contribution in [-0.2, 0) is 9.59 Å². The highest BCUT2D eigenvalue weighted by Gasteiger charge is 2.40. The minimum atomic E-state index is -0.611. The Morgan fingerprint density at radius 2 is 1.23 bits per heavy atom. The molecule has 2 fully saturated rings. The Morgan fingerprint density at radius 1 is 0.769 bits per heavy atom. The minimum absolute atomic E-state index is 0.0336. The molecule has 0 unspecified atom stereocenters. The number of urea groups is 1. The topological polar surface area (TPSA) is 67.4 Å². The predicted octanol–water partition coefficient (Wildman–Crippen LogP) is 0.619. The molecule has 2 saturated heterocycles. The average Bonchev–Trinajstić information content (AvgIpc) is 2.59. The summed E-state index contributed by atoms with van der Waals surface area (Å²) in [4.78, 5) is 41.2. The molecule has 3 rings (SSSR count). The maximum Gasteiger partial charge on any atom is 0.333 e. The van der Waals surface area contributed by atoms with E-state index in [0.717, 1.165) is 47.4 Å². The monoisotopic (exact) mass is 359 g/mol. The number of hydrogen-bond donors (Lipinski definition) is 0. The van der Waals surface area contributed by atoms with Gasteiger partial charge in [0.2, 0.25) is 0 Å². The normalized spacial score (nSPS) is 23.7. The second-order valence-electron chi connectivity index (χ2n) is 6.98. The summed E-state index contributed by atoms with van der Waals surface area (Å²) >= 11 is 0. The van der Waals surface area contributed by atoms with Crippen molar-refractivity contribution < 1.29 is 14.4 Å². The van der Waals surface area contributed by atoms with Gasteiger partial charge in [0.1, 0.15) is 5.57 Å². The SMILES string of the molecule is CC1=CC(=C2C(=O)N(C)C(=O)N(C)C2=O)C=C(C)N1N1CCN(C)CC1. The van der Waals surface area contributed by atoms with Crippen LogP contribution < -0.4 is 0 Å². The fraction of sp³-hybridized carbons (Fsp3) is 0.500. The molecule has 4 amide bonds. The third kappa shape index (κ3) is 2.95. The van der Waals surface area contributed by atoms with Crippen molar-refractivity contribution in [3.05, 3.63) is 34.7 Å². The number of amides is 4. The smallest absolute Gasteiger partial charge is 0.304 e. The van der Waals surface area contributed by atoms with Crippen molar-refractivity contribution in [2.45, 2.75) is 13.8 Å². The lowest BCUT2D eigenvalue weighted by Gasteiger charge is -2.43. The Balaban J connectivity index is 1.96. The molecule has 3 aliphatic heterocycles. The van der Waals surface area contributed by atoms with Gasteiger partial charge in [0.05, 0.1) is 0 Å². The van der Waals surface area contributed by atoms with Crippen LogP contribution in [0.2, 0.25) is 0 Å². The maximum atomic E-state index is 12.5. The van der Waals surface area contributed by atoms with E-state index in [1.807, 2.05) is 26.0 Å². The summed E-state index contributed by atoms with van der Waals surface area (Å²) in [6.07, 6.45) is 3.68. The van der Waals surface area contributed by atoms with Crippen molar-refractivity contribution in [3.8, 4) is 0 Å². The first-order chi connectivity index (χ1) is 12.2. The summed E-state index contributed by atoms with van der Waals surface area (Å²) in [5, 5.41) is 4.40. The molecule has 3 heterocycles. The molecule has 0 bridgehead atoms. The number of imide groups is 2. The minimum Gasteiger partial charge on any atom is -0.304 e. The molecule has 0 N–H and O–H groups in total. The first-order valence-electron chi connectivity index (χ1n) is 8.67. The van der Waals surface area contributed by atoms with Gasteiger partial charge < -0.3 is 4.90 Å². The van der Waals surface area contributed by atoms with Crippen molar-refractivity contribution in [1.29, 1.82) is 0 Å². The summed E-state index contributed by atoms with van der Waals surface area (Å²) < 4.78 is 0. The summed E-state index contributed by atoms with van der Waals surface area (Å²) in [6.45, 7) is 7.73. The van der Waals surface area contributed by atoms with Gasteiger partial charge in [-0.15, -0.1) is 0 Å². The van der Waals surface area contributed by atoms with Crippen molar-refractivity contribution in [2.24, 2.45) is 0 Å². The fourth-order valence-corrected chi connectivity index (χ4v) is 3.55. The molecule has 0 aromatic carbocycles. The van der Waals surface area contributed by atoms with Gasteiger partial charge in [-0.3, -0.25) is 24.4 Å². The number of nitrogens with zero attached hydrogens (tertiary/aromatic N) is 5. The number of carbonyl (C=O) groups is 3. The van der Waals surface area contributed by atoms with Crippen LogP contribution in [0.4, 0.5) is 4.79 Å². The largest absolute Gasteiger partial charge is 0.333 e. The van der Waals surface area contributed by atoms with Crippen LogP contribution in [0, 0.1) is 0 Å². The number of hydrazine groups is 1. The van der Waals surface area contributed by atoms with Crippen LogP contribution in [0.25, 0.3) is 0 Å². The van der Waals surface area contributed by atoms with Gasteiger partial charge >= 0.3 is 6.03 Å². The van der Waals surface area contributed by atoms with E-state index in [1.165, 1.54) is 14.1 Å². The van der Waals surface area contributed by atoms with Crippen LogP contribution in [0.1, 0.15) is 13.8 Å². The van der Waals surface area contributed by atoms with E-state index in [1.54, 1.807) is 0 Å². The summed E-state index contributed by atoms with van der Waals surface area (Å²) in [6, 6.07) is -0.611. The van der Waals surface area contributed by atoms with E-state index in [-0.39, 0.29) is 5.57 Å². The first kappa shape index (κ1) is 18.3. The second kappa shape index (κ2) is 6.69. The van der Waals surface area contributed by atoms with Crippen LogP contribution in [-0.4, -0.2) is 89.9 Å². The van der Waals surface area contributed by atoms with E-state index in [2.05, 4.69) is 22.0 Å². The molecule has 0 aromatic rings. The molecular weight excluding hydrogens is 334 g/mol. The quantitative estimate of drug-likeness (QED) is 0.505. The Bertz CT molecular complexity index is 711. The highest BCUT2D eigenvalue weighted by Crippen LogP contribution is 2.29. The van der Waals surface area contributed by atoms with Gasteiger partial charge in [-0.1, -0.05) is 0 Å². The molecule has 0 aromatic heterocycles. The summed E-state index contributed by atoms with van der Waals surface area (Å²) in [5.74, 6) is -1.12. The Kier molecular flexibility index (Phi) is 4.72. The third-order valence-electron chi connectivity index (χ3n) is 5.06. The zero-order valence-electron chi connectivity index (χ0n) is 15.9. The molecule has 0 aliphatic carbocycles. The van der Waals surface area contributed by atoms with E-state index in [4.69, 9.17) is 0 Å². The number of hydrogen-bond acceptors (Lipinski definition) is 6. The zero-order valence-corrected chi connectivity index (χ0v) is 15.9. The number of likely N-dealkylation sites (N-methyl/N-ethyl adjacent to an activating group) is 3. The molecule has 26 heavy (non-hydrogen) atoms. The highest BCUT2D eigenvalue weighted by molar-refractivity contribution is 6.29. The predicted molar refractivity (Wildman–Crippen MR) is 96.4 cm³/mol. The Labute approximate surface area is 153 Å². The van der Waals surface area contributed by atoms with Gasteiger partial charge in [0.25, 0.3) is 11.8 Å². The third-order valence-corrected chi connectivity index (χ3v) is 5.06. The van der Waals surface area contributed by atoms with Gasteiger partial charge in [-0.25, -0.2) is 9.80 Å². The molecule has 0 atom stereocenters. The molecule has 0 saturated carbocycles. The number of rotatable bonds is 1. The van der Waals surface area contributed by atoms with Crippen LogP contribution >= 0.6 is 0 Å². The standard InChI is InChI=1S/C18H25N5O3/c1-12-10-14(15-16(24)20(4)18(26)21(5)17(15)25)11-13(2)23(12)22-8-6-19(3)7-9-22/h10-11H,6-9H2,1-5H3. The van der Waals surface area contributed by atoms with Crippen molar-refractivity contribution in [2.75, 3.05) is 47.3 Å². The lowest BCUT2D eigenvalue weighted by atomic mass is 9.99. The Hall–Kier alpha value is -2.45. The second-order valence-corrected chi connectivity index (χ2v) is 6.98. The Morgan fingerprint density at radius 3 is 1.69 bits per heavy atom. The molecule has 140 valence electrons. The molecule has 3 aliphatic rings. The maximum absolute atomic E-state index is 12.5. The number of barbiturate groups is 1. The lowest BCUT2D eigenvalue weighted by molar-refractivity contribution is -0.134. The number of allylic oxidation sites excluding steroid dienone is 5. The van der Waals surface area contributed by atoms with E-state index >= 15 is 0 Å². The van der Waals surface area contributed by atoms with Crippen molar-refractivity contribution in [1.82, 2.24) is 24.7 Å². The van der Waals surface area contributed by atoms with Gasteiger partial charge in [0, 0.05) is 51.7 Å². The fourth-order valence-electron chi connectivity index (χ4n) is 3.55. The number of carbonyl (C=O) groups excluding carboxylic acids is 3. The van der Waals surface area contributed by atoms with Gasteiger partial charge in [0.15, 0.2) is 0 Å². The van der Waals surface area contributed by atoms with E-state index in [0.29, 0.717) is 5.57 Å². The van der Waals surface area contributed by atoms with Crippen LogP contribution in [0.15, 0.2) is 34.7 Å². The molecular formula is C18H25N5O3. The van der Waals surface area contributed by atoms with E-state index < -0.39 is 17.8 Å². The van der Waals surface area contributed by atoms with Crippen molar-refractivity contribution in [3.63, 3.8) is 0 Å². The lowest BCUT2D eigenvalue weighted by Crippen LogP contribution is -2.53. The van der Waals surface area contributed by atoms with Crippen LogP contribution in [0.3, 0.4) is 0 Å². The first-order valence-corrected chi connectivity index (χ1v) is 8.67. The zero-order chi connectivity index (χ0) is 19.2. The molecule has 8 nitrogen and oxygen atoms in total. The number of piperazine rings is 1. The molecule has 0 spiro atoms. The van der Waals surface area contributed by atoms with Crippen molar-refractivity contribution >= 4 is 17.8 Å². The van der Waals surface area contributed by atoms with E-state index in [9.17, 15) is 14.4 Å². The molecule has 0 radical (unpaired) electrons. The van der Waals surface area contributed by atoms with Crippen LogP contribution in [0.5, 0.6) is 0 Å². The average molecular weight is 359 g/mol. The summed E-state index contributed by atoms with van der Waals surface area (Å²) in [5.41, 5.74) is 2.47.